The molecule has 2 aromatic rings. The number of carbonyl (C=O) groups is 2. The van der Waals surface area contributed by atoms with Crippen LogP contribution in [-0.4, -0.2) is 24.6 Å². The van der Waals surface area contributed by atoms with Gasteiger partial charge in [-0.2, -0.15) is 5.10 Å². The van der Waals surface area contributed by atoms with Crippen LogP contribution in [0.4, 0.5) is 0 Å². The lowest BCUT2D eigenvalue weighted by atomic mass is 10.2. The van der Waals surface area contributed by atoms with Crippen molar-refractivity contribution < 1.29 is 14.0 Å². The van der Waals surface area contributed by atoms with Crippen molar-refractivity contribution >= 4 is 18.0 Å². The highest BCUT2D eigenvalue weighted by atomic mass is 16.3. The Morgan fingerprint density at radius 3 is 2.65 bits per heavy atom. The van der Waals surface area contributed by atoms with Crippen LogP contribution in [0.2, 0.25) is 0 Å². The number of nitrogens with one attached hydrogen (secondary N) is 2. The molecule has 0 spiro atoms. The molecule has 102 valence electrons. The van der Waals surface area contributed by atoms with E-state index < -0.39 is 5.91 Å². The van der Waals surface area contributed by atoms with Crippen LogP contribution in [0.1, 0.15) is 16.1 Å². The Hall–Kier alpha value is -2.89. The second-order valence-corrected chi connectivity index (χ2v) is 3.86. The predicted molar refractivity (Wildman–Crippen MR) is 73.2 cm³/mol. The van der Waals surface area contributed by atoms with Gasteiger partial charge in [-0.1, -0.05) is 18.2 Å². The molecule has 6 heteroatoms. The molecule has 0 radical (unpaired) electrons. The highest BCUT2D eigenvalue weighted by Gasteiger charge is 2.06. The van der Waals surface area contributed by atoms with Gasteiger partial charge in [0.15, 0.2) is 0 Å². The maximum Gasteiger partial charge on any atom is 0.259 e. The minimum Gasteiger partial charge on any atom is -0.463 e. The molecule has 2 N–H and O–H groups in total. The number of nitrogens with zero attached hydrogens (tertiary/aromatic N) is 1. The minimum atomic E-state index is -0.419. The van der Waals surface area contributed by atoms with E-state index in [0.29, 0.717) is 11.3 Å². The second-order valence-electron chi connectivity index (χ2n) is 3.86. The van der Waals surface area contributed by atoms with Gasteiger partial charge in [0.1, 0.15) is 5.76 Å². The van der Waals surface area contributed by atoms with E-state index in [1.54, 1.807) is 36.4 Å². The average molecular weight is 271 g/mol. The Morgan fingerprint density at radius 2 is 1.95 bits per heavy atom. The van der Waals surface area contributed by atoms with Gasteiger partial charge in [-0.05, 0) is 24.3 Å². The molecular formula is C14H13N3O3. The fraction of sp³-hybridized carbons (Fsp3) is 0.0714. The molecule has 0 saturated carbocycles. The van der Waals surface area contributed by atoms with Crippen LogP contribution in [0, 0.1) is 0 Å². The summed E-state index contributed by atoms with van der Waals surface area (Å²) in [5.41, 5.74) is 2.78. The van der Waals surface area contributed by atoms with Crippen LogP contribution in [0.15, 0.2) is 58.2 Å². The molecule has 2 amide bonds. The Bertz CT molecular complexity index is 591. The highest BCUT2D eigenvalue weighted by molar-refractivity contribution is 5.96. The molecule has 6 nitrogen and oxygen atoms in total. The Kier molecular flexibility index (Phi) is 4.66. The highest BCUT2D eigenvalue weighted by Crippen LogP contribution is 1.97. The first-order valence-corrected chi connectivity index (χ1v) is 5.94. The van der Waals surface area contributed by atoms with E-state index >= 15 is 0 Å². The van der Waals surface area contributed by atoms with E-state index in [9.17, 15) is 9.59 Å². The van der Waals surface area contributed by atoms with E-state index in [0.717, 1.165) is 0 Å². The van der Waals surface area contributed by atoms with Crippen molar-refractivity contribution in [2.45, 2.75) is 0 Å². The van der Waals surface area contributed by atoms with Gasteiger partial charge in [0.2, 0.25) is 0 Å². The fourth-order valence-electron chi connectivity index (χ4n) is 1.42. The molecule has 1 aromatic heterocycles. The smallest absolute Gasteiger partial charge is 0.259 e. The summed E-state index contributed by atoms with van der Waals surface area (Å²) in [5, 5.41) is 6.19. The number of benzene rings is 1. The quantitative estimate of drug-likeness (QED) is 0.632. The Labute approximate surface area is 115 Å². The molecule has 0 aliphatic carbocycles. The topological polar surface area (TPSA) is 83.7 Å². The van der Waals surface area contributed by atoms with Crippen LogP contribution in [0.5, 0.6) is 0 Å². The zero-order valence-corrected chi connectivity index (χ0v) is 10.6. The normalized spacial score (nSPS) is 10.4. The molecule has 0 bridgehead atoms. The molecule has 2 rings (SSSR count). The van der Waals surface area contributed by atoms with Crippen LogP contribution in [0.25, 0.3) is 0 Å². The van der Waals surface area contributed by atoms with Gasteiger partial charge in [-0.25, -0.2) is 5.43 Å². The summed E-state index contributed by atoms with van der Waals surface area (Å²) >= 11 is 0. The molecule has 0 saturated heterocycles. The first-order valence-electron chi connectivity index (χ1n) is 5.94. The molecule has 0 aliphatic heterocycles. The van der Waals surface area contributed by atoms with Gasteiger partial charge in [0.05, 0.1) is 19.0 Å². The van der Waals surface area contributed by atoms with Crippen LogP contribution >= 0.6 is 0 Å². The molecule has 1 aromatic carbocycles. The standard InChI is InChI=1S/C14H13N3O3/c18-13(17-16-9-12-7-4-8-20-12)10-15-14(19)11-5-2-1-3-6-11/h1-9H,10H2,(H,15,19)(H,17,18)/b16-9-. The fourth-order valence-corrected chi connectivity index (χ4v) is 1.42. The monoisotopic (exact) mass is 271 g/mol. The van der Waals surface area contributed by atoms with E-state index in [1.807, 2.05) is 6.07 Å². The van der Waals surface area contributed by atoms with Gasteiger partial charge in [0, 0.05) is 5.56 Å². The summed E-state index contributed by atoms with van der Waals surface area (Å²) in [5.74, 6) is -0.202. The summed E-state index contributed by atoms with van der Waals surface area (Å²) in [4.78, 5) is 23.1. The van der Waals surface area contributed by atoms with E-state index in [4.69, 9.17) is 4.42 Å². The molecule has 0 atom stereocenters. The number of carbonyl (C=O) groups excluding carboxylic acids is 2. The van der Waals surface area contributed by atoms with Gasteiger partial charge < -0.3 is 9.73 Å². The maximum atomic E-state index is 11.7. The van der Waals surface area contributed by atoms with Crippen molar-refractivity contribution in [3.63, 3.8) is 0 Å². The van der Waals surface area contributed by atoms with Crippen LogP contribution in [-0.2, 0) is 4.79 Å². The van der Waals surface area contributed by atoms with Crippen molar-refractivity contribution in [2.24, 2.45) is 5.10 Å². The average Bonchev–Trinajstić information content (AvgIpc) is 2.99. The van der Waals surface area contributed by atoms with Crippen molar-refractivity contribution in [1.29, 1.82) is 0 Å². The third kappa shape index (κ3) is 4.09. The van der Waals surface area contributed by atoms with Crippen LogP contribution in [0.3, 0.4) is 0 Å². The van der Waals surface area contributed by atoms with Gasteiger partial charge >= 0.3 is 0 Å². The Balaban J connectivity index is 1.74. The van der Waals surface area contributed by atoms with Crippen LogP contribution < -0.4 is 10.7 Å². The molecule has 0 unspecified atom stereocenters. The number of rotatable bonds is 5. The number of amides is 2. The van der Waals surface area contributed by atoms with Gasteiger partial charge in [-0.15, -0.1) is 0 Å². The summed E-state index contributed by atoms with van der Waals surface area (Å²) in [6.45, 7) is -0.150. The zero-order valence-electron chi connectivity index (χ0n) is 10.6. The lowest BCUT2D eigenvalue weighted by molar-refractivity contribution is -0.120. The minimum absolute atomic E-state index is 0.150. The van der Waals surface area contributed by atoms with Crippen molar-refractivity contribution in [3.8, 4) is 0 Å². The lowest BCUT2D eigenvalue weighted by Gasteiger charge is -2.03. The Morgan fingerprint density at radius 1 is 1.15 bits per heavy atom. The SMILES string of the molecule is O=C(CNC(=O)c1ccccc1)N/N=C\c1ccco1. The second kappa shape index (κ2) is 6.89. The molecule has 0 aliphatic rings. The number of hydrazone groups is 1. The van der Waals surface area contributed by atoms with E-state index in [2.05, 4.69) is 15.8 Å². The summed E-state index contributed by atoms with van der Waals surface area (Å²) < 4.78 is 5.00. The number of hydrogen-bond acceptors (Lipinski definition) is 4. The third-order valence-corrected chi connectivity index (χ3v) is 2.37. The van der Waals surface area contributed by atoms with Gasteiger partial charge in [-0.3, -0.25) is 9.59 Å². The predicted octanol–water partition coefficient (Wildman–Crippen LogP) is 1.16. The number of furan rings is 1. The van der Waals surface area contributed by atoms with Gasteiger partial charge in [0.25, 0.3) is 11.8 Å². The number of hydrogen-bond donors (Lipinski definition) is 2. The molecular weight excluding hydrogens is 258 g/mol. The first kappa shape index (κ1) is 13.5. The third-order valence-electron chi connectivity index (χ3n) is 2.37. The largest absolute Gasteiger partial charge is 0.463 e. The zero-order chi connectivity index (χ0) is 14.2. The molecule has 0 fully saturated rings. The lowest BCUT2D eigenvalue weighted by Crippen LogP contribution is -2.34. The van der Waals surface area contributed by atoms with Crippen molar-refractivity contribution in [2.75, 3.05) is 6.54 Å². The summed E-state index contributed by atoms with van der Waals surface area (Å²) in [6.07, 6.45) is 2.88. The maximum absolute atomic E-state index is 11.7. The summed E-state index contributed by atoms with van der Waals surface area (Å²) in [6, 6.07) is 12.1. The molecule has 1 heterocycles. The first-order chi connectivity index (χ1) is 9.75. The molecule has 20 heavy (non-hydrogen) atoms. The van der Waals surface area contributed by atoms with E-state index in [1.165, 1.54) is 12.5 Å². The van der Waals surface area contributed by atoms with E-state index in [-0.39, 0.29) is 12.5 Å². The summed E-state index contributed by atoms with van der Waals surface area (Å²) in [7, 11) is 0. The van der Waals surface area contributed by atoms with Crippen molar-refractivity contribution in [3.05, 3.63) is 60.1 Å². The van der Waals surface area contributed by atoms with Crippen molar-refractivity contribution in [1.82, 2.24) is 10.7 Å².